The first-order chi connectivity index (χ1) is 10.2. The molecule has 0 fully saturated rings. The Kier molecular flexibility index (Phi) is 4.66. The Hall–Kier alpha value is -1.26. The van der Waals surface area contributed by atoms with Gasteiger partial charge in [-0.2, -0.15) is 0 Å². The summed E-state index contributed by atoms with van der Waals surface area (Å²) < 4.78 is 12.2. The molecule has 1 aliphatic heterocycles. The fourth-order valence-electron chi connectivity index (χ4n) is 2.78. The molecule has 3 nitrogen and oxygen atoms in total. The van der Waals surface area contributed by atoms with Crippen LogP contribution in [0.15, 0.2) is 45.5 Å². The Labute approximate surface area is 133 Å². The molecule has 0 bridgehead atoms. The molecule has 0 aliphatic carbocycles. The number of fused-ring (bicyclic) bond motifs is 1. The summed E-state index contributed by atoms with van der Waals surface area (Å²) in [4.78, 5) is 0. The first-order valence-electron chi connectivity index (χ1n) is 7.43. The van der Waals surface area contributed by atoms with Crippen molar-refractivity contribution in [1.29, 1.82) is 0 Å². The topological polar surface area (TPSA) is 34.4 Å². The molecule has 0 radical (unpaired) electrons. The minimum Gasteiger partial charge on any atom is -0.493 e. The van der Waals surface area contributed by atoms with Gasteiger partial charge in [0.05, 0.1) is 12.9 Å². The second-order valence-corrected chi connectivity index (χ2v) is 6.47. The summed E-state index contributed by atoms with van der Waals surface area (Å²) in [5.74, 6) is 2.05. The van der Waals surface area contributed by atoms with Crippen LogP contribution in [0.2, 0.25) is 0 Å². The van der Waals surface area contributed by atoms with Crippen molar-refractivity contribution in [2.75, 3.05) is 6.61 Å². The maximum atomic E-state index is 5.73. The Morgan fingerprint density at radius 1 is 1.38 bits per heavy atom. The van der Waals surface area contributed by atoms with Crippen LogP contribution in [0.25, 0.3) is 0 Å². The van der Waals surface area contributed by atoms with Crippen LogP contribution in [-0.2, 0) is 6.42 Å². The summed E-state index contributed by atoms with van der Waals surface area (Å²) in [5.41, 5.74) is 1.25. The van der Waals surface area contributed by atoms with Crippen molar-refractivity contribution in [2.45, 2.75) is 38.3 Å². The smallest absolute Gasteiger partial charge is 0.124 e. The molecule has 1 N–H and O–H groups in total. The van der Waals surface area contributed by atoms with E-state index in [0.717, 1.165) is 41.9 Å². The van der Waals surface area contributed by atoms with Crippen molar-refractivity contribution in [3.63, 3.8) is 0 Å². The molecule has 2 atom stereocenters. The Bertz CT molecular complexity index is 582. The summed E-state index contributed by atoms with van der Waals surface area (Å²) in [5, 5.41) is 3.72. The normalized spacial score (nSPS) is 18.9. The average Bonchev–Trinajstić information content (AvgIpc) is 2.99. The molecule has 0 amide bonds. The minimum atomic E-state index is 0.359. The zero-order chi connectivity index (χ0) is 14.7. The molecule has 2 heterocycles. The predicted octanol–water partition coefficient (Wildman–Crippen LogP) is 4.48. The van der Waals surface area contributed by atoms with Crippen molar-refractivity contribution in [2.24, 2.45) is 0 Å². The fraction of sp³-hybridized carbons (Fsp3) is 0.412. The van der Waals surface area contributed by atoms with Crippen molar-refractivity contribution < 1.29 is 9.15 Å². The fourth-order valence-corrected chi connectivity index (χ4v) is 3.16. The highest BCUT2D eigenvalue weighted by Crippen LogP contribution is 2.34. The second kappa shape index (κ2) is 6.67. The monoisotopic (exact) mass is 349 g/mol. The summed E-state index contributed by atoms with van der Waals surface area (Å²) in [7, 11) is 0. The number of hydrogen-bond donors (Lipinski definition) is 1. The standard InChI is InChI=1S/C17H20BrNO2/c1-12(4-6-14-3-2-9-20-14)19-16-8-10-21-17-7-5-13(18)11-15(16)17/h2-3,5,7,9,11-12,16,19H,4,6,8,10H2,1H3. The Morgan fingerprint density at radius 2 is 2.29 bits per heavy atom. The number of hydrogen-bond acceptors (Lipinski definition) is 3. The average molecular weight is 350 g/mol. The van der Waals surface area contributed by atoms with Gasteiger partial charge in [0.25, 0.3) is 0 Å². The molecule has 1 aromatic heterocycles. The van der Waals surface area contributed by atoms with E-state index in [0.29, 0.717) is 12.1 Å². The highest BCUT2D eigenvalue weighted by Gasteiger charge is 2.22. The molecule has 2 unspecified atom stereocenters. The van der Waals surface area contributed by atoms with Gasteiger partial charge >= 0.3 is 0 Å². The molecular weight excluding hydrogens is 330 g/mol. The van der Waals surface area contributed by atoms with Crippen LogP contribution in [0, 0.1) is 0 Å². The van der Waals surface area contributed by atoms with Gasteiger partial charge in [-0.15, -0.1) is 0 Å². The summed E-state index contributed by atoms with van der Waals surface area (Å²) in [6.07, 6.45) is 4.78. The number of benzene rings is 1. The van der Waals surface area contributed by atoms with Crippen LogP contribution in [0.3, 0.4) is 0 Å². The molecule has 21 heavy (non-hydrogen) atoms. The van der Waals surface area contributed by atoms with Crippen LogP contribution in [0.4, 0.5) is 0 Å². The first-order valence-corrected chi connectivity index (χ1v) is 8.22. The molecule has 2 aromatic rings. The zero-order valence-electron chi connectivity index (χ0n) is 12.1. The SMILES string of the molecule is CC(CCc1ccco1)NC1CCOc2ccc(Br)cc21. The lowest BCUT2D eigenvalue weighted by Crippen LogP contribution is -2.34. The van der Waals surface area contributed by atoms with Crippen LogP contribution >= 0.6 is 15.9 Å². The highest BCUT2D eigenvalue weighted by molar-refractivity contribution is 9.10. The molecule has 0 saturated heterocycles. The van der Waals surface area contributed by atoms with Crippen molar-refractivity contribution >= 4 is 15.9 Å². The third kappa shape index (κ3) is 3.69. The van der Waals surface area contributed by atoms with E-state index < -0.39 is 0 Å². The molecular formula is C17H20BrNO2. The summed E-state index contributed by atoms with van der Waals surface area (Å²) in [6.45, 7) is 3.01. The number of rotatable bonds is 5. The molecule has 0 saturated carbocycles. The van der Waals surface area contributed by atoms with E-state index in [4.69, 9.17) is 9.15 Å². The molecule has 112 valence electrons. The van der Waals surface area contributed by atoms with E-state index in [1.807, 2.05) is 24.3 Å². The zero-order valence-corrected chi connectivity index (χ0v) is 13.7. The first kappa shape index (κ1) is 14.7. The number of aryl methyl sites for hydroxylation is 1. The van der Waals surface area contributed by atoms with Gasteiger partial charge in [0.15, 0.2) is 0 Å². The van der Waals surface area contributed by atoms with Gasteiger partial charge in [-0.05, 0) is 43.7 Å². The molecule has 3 rings (SSSR count). The predicted molar refractivity (Wildman–Crippen MR) is 86.6 cm³/mol. The molecule has 0 spiro atoms. The maximum absolute atomic E-state index is 5.73. The van der Waals surface area contributed by atoms with E-state index >= 15 is 0 Å². The van der Waals surface area contributed by atoms with Crippen molar-refractivity contribution in [3.8, 4) is 5.75 Å². The van der Waals surface area contributed by atoms with Crippen LogP contribution < -0.4 is 10.1 Å². The van der Waals surface area contributed by atoms with Gasteiger partial charge in [0.1, 0.15) is 11.5 Å². The van der Waals surface area contributed by atoms with Gasteiger partial charge in [0, 0.05) is 35.0 Å². The summed E-state index contributed by atoms with van der Waals surface area (Å²) >= 11 is 3.55. The maximum Gasteiger partial charge on any atom is 0.124 e. The van der Waals surface area contributed by atoms with E-state index in [2.05, 4.69) is 34.2 Å². The summed E-state index contributed by atoms with van der Waals surface area (Å²) in [6, 6.07) is 11.0. The van der Waals surface area contributed by atoms with Gasteiger partial charge in [0.2, 0.25) is 0 Å². The molecule has 1 aliphatic rings. The highest BCUT2D eigenvalue weighted by atomic mass is 79.9. The Morgan fingerprint density at radius 3 is 3.10 bits per heavy atom. The lowest BCUT2D eigenvalue weighted by molar-refractivity contribution is 0.243. The lowest BCUT2D eigenvalue weighted by Gasteiger charge is -2.29. The van der Waals surface area contributed by atoms with E-state index in [-0.39, 0.29) is 0 Å². The van der Waals surface area contributed by atoms with Crippen LogP contribution in [-0.4, -0.2) is 12.6 Å². The van der Waals surface area contributed by atoms with Crippen molar-refractivity contribution in [3.05, 3.63) is 52.4 Å². The number of nitrogens with one attached hydrogen (secondary N) is 1. The minimum absolute atomic E-state index is 0.359. The van der Waals surface area contributed by atoms with Gasteiger partial charge in [-0.3, -0.25) is 0 Å². The number of furan rings is 1. The number of halogens is 1. The molecule has 1 aromatic carbocycles. The van der Waals surface area contributed by atoms with Gasteiger partial charge < -0.3 is 14.5 Å². The third-order valence-electron chi connectivity index (χ3n) is 3.90. The van der Waals surface area contributed by atoms with Crippen LogP contribution in [0.1, 0.15) is 37.1 Å². The van der Waals surface area contributed by atoms with Gasteiger partial charge in [-0.25, -0.2) is 0 Å². The molecule has 4 heteroatoms. The van der Waals surface area contributed by atoms with E-state index in [9.17, 15) is 0 Å². The quantitative estimate of drug-likeness (QED) is 0.864. The lowest BCUT2D eigenvalue weighted by atomic mass is 9.99. The van der Waals surface area contributed by atoms with Crippen molar-refractivity contribution in [1.82, 2.24) is 5.32 Å². The third-order valence-corrected chi connectivity index (χ3v) is 4.39. The van der Waals surface area contributed by atoms with Crippen LogP contribution in [0.5, 0.6) is 5.75 Å². The Balaban J connectivity index is 1.61. The van der Waals surface area contributed by atoms with E-state index in [1.54, 1.807) is 6.26 Å². The van der Waals surface area contributed by atoms with E-state index in [1.165, 1.54) is 5.56 Å². The number of ether oxygens (including phenoxy) is 1. The largest absolute Gasteiger partial charge is 0.493 e. The van der Waals surface area contributed by atoms with Gasteiger partial charge in [-0.1, -0.05) is 15.9 Å². The second-order valence-electron chi connectivity index (χ2n) is 5.56.